The Labute approximate surface area is 192 Å². The molecule has 1 aliphatic heterocycles. The first-order chi connectivity index (χ1) is 15.5. The van der Waals surface area contributed by atoms with Crippen LogP contribution in [0, 0.1) is 5.92 Å². The number of likely N-dealkylation sites (N-methyl/N-ethyl adjacent to an activating group) is 1. The normalized spacial score (nSPS) is 14.8. The molecule has 0 unspecified atom stereocenters. The molecule has 0 spiro atoms. The largest absolute Gasteiger partial charge is 0.494 e. The van der Waals surface area contributed by atoms with Gasteiger partial charge in [0.2, 0.25) is 5.91 Å². The van der Waals surface area contributed by atoms with Gasteiger partial charge in [-0.15, -0.1) is 0 Å². The van der Waals surface area contributed by atoms with Crippen molar-refractivity contribution in [3.63, 3.8) is 0 Å². The van der Waals surface area contributed by atoms with Gasteiger partial charge in [0.1, 0.15) is 5.75 Å². The van der Waals surface area contributed by atoms with E-state index in [0.717, 1.165) is 61.7 Å². The summed E-state index contributed by atoms with van der Waals surface area (Å²) in [7, 11) is 5.18. The Balaban J connectivity index is 1.44. The van der Waals surface area contributed by atoms with E-state index in [9.17, 15) is 4.79 Å². The molecule has 0 radical (unpaired) electrons. The zero-order valence-corrected chi connectivity index (χ0v) is 19.8. The Morgan fingerprint density at radius 2 is 1.66 bits per heavy atom. The van der Waals surface area contributed by atoms with Crippen molar-refractivity contribution in [2.45, 2.75) is 32.7 Å². The lowest BCUT2D eigenvalue weighted by Crippen LogP contribution is -2.41. The molecule has 6 nitrogen and oxygen atoms in total. The first kappa shape index (κ1) is 23.9. The molecule has 1 heterocycles. The van der Waals surface area contributed by atoms with Crippen LogP contribution in [0.1, 0.15) is 30.9 Å². The lowest BCUT2D eigenvalue weighted by Gasteiger charge is -2.33. The Morgan fingerprint density at radius 1 is 1.00 bits per heavy atom. The number of hydrogen-bond donors (Lipinski definition) is 0. The summed E-state index contributed by atoms with van der Waals surface area (Å²) in [6, 6.07) is 14.2. The van der Waals surface area contributed by atoms with Crippen LogP contribution in [-0.2, 0) is 17.8 Å². The Bertz CT molecular complexity index is 861. The molecule has 3 rings (SSSR count). The van der Waals surface area contributed by atoms with Crippen LogP contribution in [0.3, 0.4) is 0 Å². The summed E-state index contributed by atoms with van der Waals surface area (Å²) < 4.78 is 16.2. The highest BCUT2D eigenvalue weighted by Gasteiger charge is 2.27. The van der Waals surface area contributed by atoms with Crippen LogP contribution < -0.4 is 14.2 Å². The lowest BCUT2D eigenvalue weighted by atomic mass is 9.95. The minimum atomic E-state index is 0.113. The molecule has 1 saturated heterocycles. The summed E-state index contributed by atoms with van der Waals surface area (Å²) in [4.78, 5) is 17.3. The van der Waals surface area contributed by atoms with Crippen molar-refractivity contribution in [1.82, 2.24) is 9.80 Å². The molecule has 0 aromatic heterocycles. The summed E-state index contributed by atoms with van der Waals surface area (Å²) in [6.07, 6.45) is 2.62. The van der Waals surface area contributed by atoms with E-state index in [1.807, 2.05) is 49.2 Å². The van der Waals surface area contributed by atoms with Crippen molar-refractivity contribution < 1.29 is 19.0 Å². The van der Waals surface area contributed by atoms with Gasteiger partial charge in [0.15, 0.2) is 11.5 Å². The maximum atomic E-state index is 13.0. The molecule has 0 bridgehead atoms. The van der Waals surface area contributed by atoms with Crippen LogP contribution >= 0.6 is 0 Å². The first-order valence-corrected chi connectivity index (χ1v) is 11.4. The highest BCUT2D eigenvalue weighted by Crippen LogP contribution is 2.28. The van der Waals surface area contributed by atoms with E-state index in [4.69, 9.17) is 14.2 Å². The number of nitrogens with zero attached hydrogens (tertiary/aromatic N) is 2. The highest BCUT2D eigenvalue weighted by molar-refractivity contribution is 5.78. The average molecular weight is 441 g/mol. The fraction of sp³-hybridized carbons (Fsp3) is 0.500. The van der Waals surface area contributed by atoms with Crippen LogP contribution in [0.4, 0.5) is 0 Å². The number of carbonyl (C=O) groups is 1. The van der Waals surface area contributed by atoms with Gasteiger partial charge in [-0.25, -0.2) is 0 Å². The van der Waals surface area contributed by atoms with Crippen molar-refractivity contribution in [3.05, 3.63) is 53.6 Å². The van der Waals surface area contributed by atoms with E-state index in [1.165, 1.54) is 5.56 Å². The minimum Gasteiger partial charge on any atom is -0.494 e. The van der Waals surface area contributed by atoms with E-state index >= 15 is 0 Å². The van der Waals surface area contributed by atoms with Crippen LogP contribution in [0.25, 0.3) is 0 Å². The van der Waals surface area contributed by atoms with Crippen molar-refractivity contribution >= 4 is 5.91 Å². The molecule has 0 N–H and O–H groups in total. The Kier molecular flexibility index (Phi) is 8.80. The van der Waals surface area contributed by atoms with Gasteiger partial charge in [0.25, 0.3) is 0 Å². The Hall–Kier alpha value is -2.73. The molecule has 32 heavy (non-hydrogen) atoms. The summed E-state index contributed by atoms with van der Waals surface area (Å²) in [5.74, 6) is 2.72. The van der Waals surface area contributed by atoms with Crippen LogP contribution in [0.5, 0.6) is 17.2 Å². The predicted octanol–water partition coefficient (Wildman–Crippen LogP) is 4.02. The van der Waals surface area contributed by atoms with Crippen molar-refractivity contribution in [3.8, 4) is 17.2 Å². The molecular formula is C26H36N2O4. The van der Waals surface area contributed by atoms with Gasteiger partial charge in [0, 0.05) is 26.1 Å². The van der Waals surface area contributed by atoms with Crippen molar-refractivity contribution in [1.29, 1.82) is 0 Å². The van der Waals surface area contributed by atoms with E-state index in [1.54, 1.807) is 14.2 Å². The molecular weight excluding hydrogens is 404 g/mol. The van der Waals surface area contributed by atoms with Crippen molar-refractivity contribution in [2.24, 2.45) is 5.92 Å². The van der Waals surface area contributed by atoms with E-state index in [-0.39, 0.29) is 11.8 Å². The van der Waals surface area contributed by atoms with E-state index in [0.29, 0.717) is 13.2 Å². The van der Waals surface area contributed by atoms with Gasteiger partial charge in [-0.1, -0.05) is 18.2 Å². The number of rotatable bonds is 10. The molecule has 0 atom stereocenters. The number of benzene rings is 2. The number of carbonyl (C=O) groups excluding carboxylic acids is 1. The summed E-state index contributed by atoms with van der Waals surface area (Å²) in [5, 5.41) is 0. The molecule has 1 amide bonds. The SMILES string of the molecule is CCOc1ccc(CN2CCC(C(=O)N(C)CCc3ccc(OC)c(OC)c3)CC2)cc1. The van der Waals surface area contributed by atoms with E-state index < -0.39 is 0 Å². The quantitative estimate of drug-likeness (QED) is 0.559. The third kappa shape index (κ3) is 6.39. The second-order valence-corrected chi connectivity index (χ2v) is 8.33. The smallest absolute Gasteiger partial charge is 0.225 e. The third-order valence-electron chi connectivity index (χ3n) is 6.14. The van der Waals surface area contributed by atoms with Gasteiger partial charge in [0.05, 0.1) is 20.8 Å². The predicted molar refractivity (Wildman–Crippen MR) is 126 cm³/mol. The van der Waals surface area contributed by atoms with E-state index in [2.05, 4.69) is 17.0 Å². The molecule has 2 aromatic carbocycles. The fourth-order valence-corrected chi connectivity index (χ4v) is 4.21. The summed E-state index contributed by atoms with van der Waals surface area (Å²) >= 11 is 0. The second kappa shape index (κ2) is 11.8. The minimum absolute atomic E-state index is 0.113. The fourth-order valence-electron chi connectivity index (χ4n) is 4.21. The first-order valence-electron chi connectivity index (χ1n) is 11.4. The zero-order valence-electron chi connectivity index (χ0n) is 19.8. The molecule has 1 aliphatic rings. The molecule has 0 saturated carbocycles. The molecule has 2 aromatic rings. The number of piperidine rings is 1. The van der Waals surface area contributed by atoms with Crippen LogP contribution in [0.15, 0.2) is 42.5 Å². The number of methoxy groups -OCH3 is 2. The van der Waals surface area contributed by atoms with Gasteiger partial charge in [-0.05, 0) is 74.7 Å². The molecule has 174 valence electrons. The average Bonchev–Trinajstić information content (AvgIpc) is 2.83. The standard InChI is InChI=1S/C26H36N2O4/c1-5-32-23-9-6-21(7-10-23)19-28-16-13-22(14-17-28)26(29)27(2)15-12-20-8-11-24(30-3)25(18-20)31-4/h6-11,18,22H,5,12-17,19H2,1-4H3. The number of amides is 1. The van der Waals surface area contributed by atoms with Gasteiger partial charge >= 0.3 is 0 Å². The third-order valence-corrected chi connectivity index (χ3v) is 6.14. The summed E-state index contributed by atoms with van der Waals surface area (Å²) in [5.41, 5.74) is 2.41. The number of likely N-dealkylation sites (tertiary alicyclic amines) is 1. The summed E-state index contributed by atoms with van der Waals surface area (Å²) in [6.45, 7) is 6.19. The van der Waals surface area contributed by atoms with Gasteiger partial charge in [-0.2, -0.15) is 0 Å². The van der Waals surface area contributed by atoms with Crippen LogP contribution in [-0.4, -0.2) is 63.2 Å². The highest BCUT2D eigenvalue weighted by atomic mass is 16.5. The maximum absolute atomic E-state index is 13.0. The Morgan fingerprint density at radius 3 is 2.28 bits per heavy atom. The van der Waals surface area contributed by atoms with Crippen LogP contribution in [0.2, 0.25) is 0 Å². The maximum Gasteiger partial charge on any atom is 0.225 e. The monoisotopic (exact) mass is 440 g/mol. The molecule has 6 heteroatoms. The second-order valence-electron chi connectivity index (χ2n) is 8.33. The number of ether oxygens (including phenoxy) is 3. The zero-order chi connectivity index (χ0) is 22.9. The topological polar surface area (TPSA) is 51.2 Å². The number of hydrogen-bond acceptors (Lipinski definition) is 5. The molecule has 0 aliphatic carbocycles. The van der Waals surface area contributed by atoms with Gasteiger partial charge < -0.3 is 19.1 Å². The van der Waals surface area contributed by atoms with Gasteiger partial charge in [-0.3, -0.25) is 9.69 Å². The molecule has 1 fully saturated rings. The lowest BCUT2D eigenvalue weighted by molar-refractivity contribution is -0.135. The van der Waals surface area contributed by atoms with Crippen molar-refractivity contribution in [2.75, 3.05) is 47.5 Å².